The monoisotopic (exact) mass is 265 g/mol. The molecule has 0 radical (unpaired) electrons. The Bertz CT molecular complexity index is 250. The summed E-state index contributed by atoms with van der Waals surface area (Å²) >= 11 is 0. The van der Waals surface area contributed by atoms with Crippen LogP contribution in [0, 0.1) is 23.7 Å². The molecule has 0 amide bonds. The molecular weight excluding hydrogens is 230 g/mol. The van der Waals surface area contributed by atoms with Gasteiger partial charge in [-0.2, -0.15) is 0 Å². The minimum atomic E-state index is 0.826. The molecule has 0 bridgehead atoms. The molecule has 0 aliphatic heterocycles. The lowest BCUT2D eigenvalue weighted by Gasteiger charge is -2.39. The van der Waals surface area contributed by atoms with Gasteiger partial charge in [-0.3, -0.25) is 0 Å². The highest BCUT2D eigenvalue weighted by Gasteiger charge is 2.36. The van der Waals surface area contributed by atoms with Crippen LogP contribution in [0.25, 0.3) is 0 Å². The second-order valence-electron chi connectivity index (χ2n) is 7.25. The molecule has 1 N–H and O–H groups in total. The third-order valence-electron chi connectivity index (χ3n) is 5.93. The second-order valence-corrected chi connectivity index (χ2v) is 7.25. The maximum absolute atomic E-state index is 3.96. The maximum Gasteiger partial charge on any atom is 0.0126 e. The highest BCUT2D eigenvalue weighted by Crippen LogP contribution is 2.41. The van der Waals surface area contributed by atoms with Gasteiger partial charge >= 0.3 is 0 Å². The quantitative estimate of drug-likeness (QED) is 0.712. The molecule has 2 fully saturated rings. The second kappa shape index (κ2) is 7.67. The molecule has 0 spiro atoms. The van der Waals surface area contributed by atoms with Crippen LogP contribution in [0.1, 0.15) is 78.6 Å². The van der Waals surface area contributed by atoms with Gasteiger partial charge in [0.15, 0.2) is 0 Å². The van der Waals surface area contributed by atoms with Crippen LogP contribution in [0.4, 0.5) is 0 Å². The lowest BCUT2D eigenvalue weighted by Crippen LogP contribution is -2.45. The lowest BCUT2D eigenvalue weighted by atomic mass is 9.72. The summed E-state index contributed by atoms with van der Waals surface area (Å²) in [6, 6.07) is 0.826. The topological polar surface area (TPSA) is 12.0 Å². The summed E-state index contributed by atoms with van der Waals surface area (Å²) in [5, 5.41) is 3.96. The van der Waals surface area contributed by atoms with Crippen molar-refractivity contribution in [3.63, 3.8) is 0 Å². The molecule has 2 rings (SSSR count). The van der Waals surface area contributed by atoms with Gasteiger partial charge < -0.3 is 5.32 Å². The van der Waals surface area contributed by atoms with Crippen molar-refractivity contribution in [2.75, 3.05) is 6.54 Å². The number of rotatable bonds is 6. The van der Waals surface area contributed by atoms with Crippen molar-refractivity contribution in [3.8, 4) is 0 Å². The molecule has 0 aromatic carbocycles. The van der Waals surface area contributed by atoms with Gasteiger partial charge in [-0.05, 0) is 55.9 Å². The van der Waals surface area contributed by atoms with Crippen molar-refractivity contribution < 1.29 is 0 Å². The first-order chi connectivity index (χ1) is 9.26. The fourth-order valence-corrected chi connectivity index (χ4v) is 4.72. The molecule has 2 aliphatic rings. The van der Waals surface area contributed by atoms with E-state index >= 15 is 0 Å². The Morgan fingerprint density at radius 3 is 2.47 bits per heavy atom. The molecule has 5 unspecified atom stereocenters. The van der Waals surface area contributed by atoms with Crippen molar-refractivity contribution >= 4 is 0 Å². The van der Waals surface area contributed by atoms with Gasteiger partial charge in [0.05, 0.1) is 0 Å². The van der Waals surface area contributed by atoms with E-state index in [0.717, 1.165) is 29.7 Å². The molecule has 0 heterocycles. The lowest BCUT2D eigenvalue weighted by molar-refractivity contribution is 0.151. The van der Waals surface area contributed by atoms with E-state index in [0.29, 0.717) is 0 Å². The van der Waals surface area contributed by atoms with E-state index in [1.165, 1.54) is 64.3 Å². The molecule has 19 heavy (non-hydrogen) atoms. The van der Waals surface area contributed by atoms with E-state index in [1.807, 2.05) is 0 Å². The van der Waals surface area contributed by atoms with Crippen molar-refractivity contribution in [2.24, 2.45) is 23.7 Å². The predicted octanol–water partition coefficient (Wildman–Crippen LogP) is 5.01. The fourth-order valence-electron chi connectivity index (χ4n) is 4.72. The Balaban J connectivity index is 1.99. The molecule has 2 saturated carbocycles. The molecule has 0 saturated heterocycles. The van der Waals surface area contributed by atoms with Crippen LogP contribution in [-0.4, -0.2) is 12.6 Å². The molecule has 112 valence electrons. The summed E-state index contributed by atoms with van der Waals surface area (Å²) in [5.41, 5.74) is 0. The van der Waals surface area contributed by atoms with Crippen LogP contribution in [0.5, 0.6) is 0 Å². The Morgan fingerprint density at radius 2 is 1.84 bits per heavy atom. The zero-order valence-corrected chi connectivity index (χ0v) is 13.5. The summed E-state index contributed by atoms with van der Waals surface area (Å²) in [7, 11) is 0. The van der Waals surface area contributed by atoms with Crippen LogP contribution in [0.15, 0.2) is 0 Å². The van der Waals surface area contributed by atoms with E-state index < -0.39 is 0 Å². The van der Waals surface area contributed by atoms with E-state index in [4.69, 9.17) is 0 Å². The first-order valence-electron chi connectivity index (χ1n) is 8.99. The first kappa shape index (κ1) is 15.4. The third-order valence-corrected chi connectivity index (χ3v) is 5.93. The van der Waals surface area contributed by atoms with Crippen molar-refractivity contribution in [1.29, 1.82) is 0 Å². The van der Waals surface area contributed by atoms with E-state index in [1.54, 1.807) is 0 Å². The Morgan fingerprint density at radius 1 is 1.05 bits per heavy atom. The maximum atomic E-state index is 3.96. The van der Waals surface area contributed by atoms with Gasteiger partial charge in [-0.15, -0.1) is 0 Å². The molecule has 2 aliphatic carbocycles. The molecule has 0 aromatic heterocycles. The summed E-state index contributed by atoms with van der Waals surface area (Å²) in [4.78, 5) is 0. The zero-order valence-electron chi connectivity index (χ0n) is 13.5. The molecule has 1 nitrogen and oxygen atoms in total. The van der Waals surface area contributed by atoms with Gasteiger partial charge in [-0.25, -0.2) is 0 Å². The predicted molar refractivity (Wildman–Crippen MR) is 84.3 cm³/mol. The number of hydrogen-bond acceptors (Lipinski definition) is 1. The smallest absolute Gasteiger partial charge is 0.0126 e. The van der Waals surface area contributed by atoms with Crippen LogP contribution in [-0.2, 0) is 0 Å². The van der Waals surface area contributed by atoms with E-state index in [9.17, 15) is 0 Å². The van der Waals surface area contributed by atoms with Gasteiger partial charge in [0, 0.05) is 6.04 Å². The summed E-state index contributed by atoms with van der Waals surface area (Å²) in [6.45, 7) is 8.41. The van der Waals surface area contributed by atoms with Crippen LogP contribution in [0.3, 0.4) is 0 Å². The number of hydrogen-bond donors (Lipinski definition) is 1. The molecule has 5 atom stereocenters. The van der Waals surface area contributed by atoms with Gasteiger partial charge in [0.2, 0.25) is 0 Å². The zero-order chi connectivity index (χ0) is 13.7. The highest BCUT2D eigenvalue weighted by atomic mass is 14.9. The Kier molecular flexibility index (Phi) is 6.19. The van der Waals surface area contributed by atoms with Gasteiger partial charge in [0.1, 0.15) is 0 Å². The Labute approximate surface area is 120 Å². The van der Waals surface area contributed by atoms with Gasteiger partial charge in [-0.1, -0.05) is 52.9 Å². The van der Waals surface area contributed by atoms with Gasteiger partial charge in [0.25, 0.3) is 0 Å². The minimum Gasteiger partial charge on any atom is -0.313 e. The molecular formula is C18H35N. The minimum absolute atomic E-state index is 0.826. The van der Waals surface area contributed by atoms with Crippen LogP contribution < -0.4 is 5.32 Å². The van der Waals surface area contributed by atoms with Crippen molar-refractivity contribution in [3.05, 3.63) is 0 Å². The normalized spacial score (nSPS) is 37.4. The van der Waals surface area contributed by atoms with E-state index in [2.05, 4.69) is 26.1 Å². The molecule has 0 aromatic rings. The fraction of sp³-hybridized carbons (Fsp3) is 1.00. The van der Waals surface area contributed by atoms with Crippen molar-refractivity contribution in [1.82, 2.24) is 5.32 Å². The summed E-state index contributed by atoms with van der Waals surface area (Å²) in [6.07, 6.45) is 13.1. The largest absolute Gasteiger partial charge is 0.313 e. The standard InChI is InChI=1S/C18H35N/c1-4-12-19-18(17-11-6-8-14(17)3)16-10-7-9-15(5-2)13-16/h14-19H,4-13H2,1-3H3. The van der Waals surface area contributed by atoms with Crippen molar-refractivity contribution in [2.45, 2.75) is 84.6 Å². The summed E-state index contributed by atoms with van der Waals surface area (Å²) in [5.74, 6) is 3.90. The average molecular weight is 265 g/mol. The average Bonchev–Trinajstić information content (AvgIpc) is 2.86. The highest BCUT2D eigenvalue weighted by molar-refractivity contribution is 4.91. The Hall–Kier alpha value is -0.0400. The van der Waals surface area contributed by atoms with E-state index in [-0.39, 0.29) is 0 Å². The summed E-state index contributed by atoms with van der Waals surface area (Å²) < 4.78 is 0. The third kappa shape index (κ3) is 3.97. The molecule has 1 heteroatoms. The first-order valence-corrected chi connectivity index (χ1v) is 8.99. The SMILES string of the molecule is CCCNC(C1CCCC(CC)C1)C1CCCC1C. The van der Waals surface area contributed by atoms with Crippen LogP contribution in [0.2, 0.25) is 0 Å². The van der Waals surface area contributed by atoms with Crippen LogP contribution >= 0.6 is 0 Å². The number of nitrogens with one attached hydrogen (secondary N) is 1.